The Hall–Kier alpha value is -2.88. The van der Waals surface area contributed by atoms with E-state index >= 15 is 4.39 Å². The fourth-order valence-electron chi connectivity index (χ4n) is 5.94. The molecule has 0 saturated carbocycles. The van der Waals surface area contributed by atoms with Crippen molar-refractivity contribution in [2.45, 2.75) is 64.2 Å². The first-order valence-electron chi connectivity index (χ1n) is 13.0. The zero-order valence-electron chi connectivity index (χ0n) is 22.9. The zero-order chi connectivity index (χ0) is 27.9. The van der Waals surface area contributed by atoms with Crippen molar-refractivity contribution in [3.63, 3.8) is 0 Å². The van der Waals surface area contributed by atoms with Gasteiger partial charge < -0.3 is 5.73 Å². The van der Waals surface area contributed by atoms with E-state index in [9.17, 15) is 4.39 Å². The molecule has 0 spiro atoms. The molecule has 2 N–H and O–H groups in total. The quantitative estimate of drug-likeness (QED) is 0.323. The SMILES string of the molecule is CC1=C(c2cc(C)cc(C)c2)C(C2(CCCN)SC=NN2c2nnc(C)s2)=CC(C)(c2cc(F)ccc2F)C1. The number of anilines is 1. The maximum atomic E-state index is 15.3. The highest BCUT2D eigenvalue weighted by molar-refractivity contribution is 8.13. The van der Waals surface area contributed by atoms with Gasteiger partial charge in [-0.3, -0.25) is 0 Å². The molecule has 5 rings (SSSR count). The Morgan fingerprint density at radius 3 is 2.44 bits per heavy atom. The van der Waals surface area contributed by atoms with E-state index in [4.69, 9.17) is 10.8 Å². The molecule has 1 aromatic heterocycles. The van der Waals surface area contributed by atoms with Crippen LogP contribution in [-0.4, -0.2) is 27.2 Å². The third-order valence-electron chi connectivity index (χ3n) is 7.44. The monoisotopic (exact) mass is 565 g/mol. The highest BCUT2D eigenvalue weighted by atomic mass is 32.2. The zero-order valence-corrected chi connectivity index (χ0v) is 24.5. The fraction of sp³-hybridized carbons (Fsp3) is 0.367. The number of rotatable bonds is 7. The predicted molar refractivity (Wildman–Crippen MR) is 159 cm³/mol. The second-order valence-electron chi connectivity index (χ2n) is 10.7. The molecular formula is C30H33F2N5S2. The van der Waals surface area contributed by atoms with Gasteiger partial charge in [-0.15, -0.1) is 10.2 Å². The second kappa shape index (κ2) is 10.6. The Kier molecular flexibility index (Phi) is 7.52. The number of aryl methyl sites for hydroxylation is 3. The van der Waals surface area contributed by atoms with Crippen molar-refractivity contribution in [2.24, 2.45) is 10.8 Å². The van der Waals surface area contributed by atoms with Gasteiger partial charge in [0, 0.05) is 11.0 Å². The number of hydrogen-bond donors (Lipinski definition) is 1. The summed E-state index contributed by atoms with van der Waals surface area (Å²) in [7, 11) is 0. The van der Waals surface area contributed by atoms with Crippen LogP contribution in [0.5, 0.6) is 0 Å². The highest BCUT2D eigenvalue weighted by Gasteiger charge is 2.50. The minimum Gasteiger partial charge on any atom is -0.330 e. The molecule has 2 heterocycles. The normalized spacial score (nSPS) is 23.1. The van der Waals surface area contributed by atoms with E-state index in [1.54, 1.807) is 11.8 Å². The Morgan fingerprint density at radius 1 is 1.03 bits per heavy atom. The van der Waals surface area contributed by atoms with Crippen LogP contribution in [0.2, 0.25) is 0 Å². The molecule has 1 aliphatic carbocycles. The lowest BCUT2D eigenvalue weighted by atomic mass is 9.68. The van der Waals surface area contributed by atoms with Crippen LogP contribution in [0.4, 0.5) is 13.9 Å². The number of allylic oxidation sites excluding steroid dienone is 2. The number of halogens is 2. The van der Waals surface area contributed by atoms with Crippen molar-refractivity contribution in [3.8, 4) is 0 Å². The number of hydrazone groups is 1. The summed E-state index contributed by atoms with van der Waals surface area (Å²) < 4.78 is 29.8. The van der Waals surface area contributed by atoms with Gasteiger partial charge in [-0.05, 0) is 88.4 Å². The maximum absolute atomic E-state index is 15.3. The number of aromatic nitrogens is 2. The smallest absolute Gasteiger partial charge is 0.230 e. The molecule has 0 saturated heterocycles. The minimum absolute atomic E-state index is 0.343. The van der Waals surface area contributed by atoms with E-state index in [0.29, 0.717) is 30.1 Å². The highest BCUT2D eigenvalue weighted by Crippen LogP contribution is 2.55. The summed E-state index contributed by atoms with van der Waals surface area (Å²) >= 11 is 3.09. The number of hydrogen-bond acceptors (Lipinski definition) is 7. The summed E-state index contributed by atoms with van der Waals surface area (Å²) in [6.45, 7) is 10.7. The molecule has 39 heavy (non-hydrogen) atoms. The van der Waals surface area contributed by atoms with E-state index in [-0.39, 0.29) is 0 Å². The molecule has 0 radical (unpaired) electrons. The van der Waals surface area contributed by atoms with Crippen molar-refractivity contribution < 1.29 is 8.78 Å². The summed E-state index contributed by atoms with van der Waals surface area (Å²) in [4.78, 5) is -0.689. The number of benzene rings is 2. The molecule has 0 amide bonds. The van der Waals surface area contributed by atoms with Gasteiger partial charge in [-0.2, -0.15) is 5.10 Å². The van der Waals surface area contributed by atoms with Crippen LogP contribution in [0.3, 0.4) is 0 Å². The molecule has 0 bridgehead atoms. The maximum Gasteiger partial charge on any atom is 0.230 e. The van der Waals surface area contributed by atoms with Crippen molar-refractivity contribution in [2.75, 3.05) is 11.6 Å². The summed E-state index contributed by atoms with van der Waals surface area (Å²) in [6, 6.07) is 10.3. The van der Waals surface area contributed by atoms with Crippen LogP contribution in [0.15, 0.2) is 58.7 Å². The van der Waals surface area contributed by atoms with Crippen LogP contribution in [-0.2, 0) is 5.41 Å². The molecule has 2 unspecified atom stereocenters. The third-order valence-corrected chi connectivity index (χ3v) is 9.44. The Labute approximate surface area is 236 Å². The summed E-state index contributed by atoms with van der Waals surface area (Å²) in [5.74, 6) is -0.869. The van der Waals surface area contributed by atoms with Gasteiger partial charge in [0.25, 0.3) is 0 Å². The summed E-state index contributed by atoms with van der Waals surface area (Å²) in [5.41, 5.74) is 14.1. The molecular weight excluding hydrogens is 532 g/mol. The van der Waals surface area contributed by atoms with Crippen molar-refractivity contribution >= 4 is 39.3 Å². The van der Waals surface area contributed by atoms with Gasteiger partial charge in [0.15, 0.2) is 0 Å². The van der Waals surface area contributed by atoms with E-state index in [1.807, 2.05) is 24.4 Å². The average molecular weight is 566 g/mol. The van der Waals surface area contributed by atoms with Crippen molar-refractivity contribution in [3.05, 3.63) is 92.5 Å². The minimum atomic E-state index is -0.782. The van der Waals surface area contributed by atoms with E-state index < -0.39 is 21.9 Å². The Morgan fingerprint density at radius 2 is 1.77 bits per heavy atom. The van der Waals surface area contributed by atoms with Gasteiger partial charge in [-0.1, -0.05) is 71.0 Å². The summed E-state index contributed by atoms with van der Waals surface area (Å²) in [6.07, 6.45) is 4.12. The van der Waals surface area contributed by atoms with Crippen molar-refractivity contribution in [1.82, 2.24) is 10.2 Å². The molecule has 9 heteroatoms. The second-order valence-corrected chi connectivity index (χ2v) is 13.0. The van der Waals surface area contributed by atoms with Crippen LogP contribution in [0.25, 0.3) is 5.57 Å². The standard InChI is InChI=1S/C30H33F2N5S2/c1-18-11-19(2)13-22(12-18)27-20(3)15-29(5,24-14-23(31)7-8-26(24)32)16-25(27)30(9-6-10-33)37(34-17-38-30)28-36-35-21(4)39-28/h7-8,11-14,16-17H,6,9-10,15,33H2,1-5H3. The molecule has 204 valence electrons. The van der Waals surface area contributed by atoms with Crippen LogP contribution in [0.1, 0.15) is 60.4 Å². The summed E-state index contributed by atoms with van der Waals surface area (Å²) in [5, 5.41) is 17.0. The molecule has 2 atom stereocenters. The van der Waals surface area contributed by atoms with Gasteiger partial charge in [0.05, 0.1) is 5.55 Å². The predicted octanol–water partition coefficient (Wildman–Crippen LogP) is 7.43. The first-order valence-corrected chi connectivity index (χ1v) is 14.7. The molecule has 2 aliphatic rings. The molecule has 1 aliphatic heterocycles. The van der Waals surface area contributed by atoms with Crippen LogP contribution >= 0.6 is 23.1 Å². The van der Waals surface area contributed by atoms with Crippen LogP contribution < -0.4 is 10.7 Å². The van der Waals surface area contributed by atoms with Crippen LogP contribution in [0, 0.1) is 32.4 Å². The Balaban J connectivity index is 1.79. The van der Waals surface area contributed by atoms with Gasteiger partial charge in [0.1, 0.15) is 21.5 Å². The van der Waals surface area contributed by atoms with E-state index in [2.05, 4.69) is 55.2 Å². The first kappa shape index (κ1) is 27.7. The lowest BCUT2D eigenvalue weighted by Crippen LogP contribution is -2.45. The molecule has 2 aromatic carbocycles. The molecule has 3 aromatic rings. The van der Waals surface area contributed by atoms with E-state index in [0.717, 1.165) is 44.8 Å². The van der Waals surface area contributed by atoms with Gasteiger partial charge >= 0.3 is 0 Å². The van der Waals surface area contributed by atoms with Gasteiger partial charge in [0.2, 0.25) is 5.13 Å². The lowest BCUT2D eigenvalue weighted by Gasteiger charge is -2.44. The van der Waals surface area contributed by atoms with Crippen molar-refractivity contribution in [1.29, 1.82) is 0 Å². The lowest BCUT2D eigenvalue weighted by molar-refractivity contribution is 0.497. The fourth-order valence-corrected chi connectivity index (χ4v) is 7.82. The average Bonchev–Trinajstić information content (AvgIpc) is 3.49. The number of nitrogens with zero attached hydrogens (tertiary/aromatic N) is 4. The number of thioether (sulfide) groups is 1. The topological polar surface area (TPSA) is 67.4 Å². The molecule has 5 nitrogen and oxygen atoms in total. The third kappa shape index (κ3) is 5.08. The van der Waals surface area contributed by atoms with Gasteiger partial charge in [-0.25, -0.2) is 13.8 Å². The molecule has 0 fully saturated rings. The van der Waals surface area contributed by atoms with E-state index in [1.165, 1.54) is 29.5 Å². The Bertz CT molecular complexity index is 1490. The largest absolute Gasteiger partial charge is 0.330 e. The first-order chi connectivity index (χ1) is 18.6. The number of nitrogens with two attached hydrogens (primary N) is 1.